The van der Waals surface area contributed by atoms with Crippen LogP contribution in [0.5, 0.6) is 5.75 Å². The molecule has 0 aliphatic carbocycles. The molecular weight excluding hydrogens is 568 g/mol. The van der Waals surface area contributed by atoms with Crippen LogP contribution in [-0.2, 0) is 0 Å². The Morgan fingerprint density at radius 1 is 0.860 bits per heavy atom. The number of hydrogen-bond donors (Lipinski definition) is 2. The molecule has 43 heavy (non-hydrogen) atoms. The van der Waals surface area contributed by atoms with Gasteiger partial charge < -0.3 is 9.72 Å². The van der Waals surface area contributed by atoms with E-state index < -0.39 is 16.8 Å². The molecule has 2 N–H and O–H groups in total. The Bertz CT molecular complexity index is 2070. The number of rotatable bonds is 7. The zero-order valence-corrected chi connectivity index (χ0v) is 23.0. The van der Waals surface area contributed by atoms with Crippen LogP contribution in [-0.4, -0.2) is 28.0 Å². The van der Waals surface area contributed by atoms with Gasteiger partial charge in [-0.3, -0.25) is 14.9 Å². The number of non-ortho nitro benzene ring substituents is 1. The SMILES string of the molecule is O=C(Oc1ccccc1C=NNC(=O)c1[nH]c2c(ccc3ccccc32)c1-c1ccccc1Cl)c1ccc([N+](=O)[O-])cc1. The summed E-state index contributed by atoms with van der Waals surface area (Å²) in [6.07, 6.45) is 1.36. The first-order chi connectivity index (χ1) is 20.9. The van der Waals surface area contributed by atoms with Crippen molar-refractivity contribution in [3.05, 3.63) is 141 Å². The van der Waals surface area contributed by atoms with Crippen molar-refractivity contribution in [1.29, 1.82) is 0 Å². The number of nitrogens with one attached hydrogen (secondary N) is 2. The minimum absolute atomic E-state index is 0.138. The Kier molecular flexibility index (Phi) is 7.38. The molecule has 0 saturated carbocycles. The van der Waals surface area contributed by atoms with Crippen LogP contribution in [0.15, 0.2) is 114 Å². The molecule has 0 aliphatic heterocycles. The summed E-state index contributed by atoms with van der Waals surface area (Å²) in [5, 5.41) is 18.3. The molecular formula is C33H21ClN4O5. The molecule has 1 amide bonds. The number of carbonyl (C=O) groups excluding carboxylic acids is 2. The van der Waals surface area contributed by atoms with Gasteiger partial charge >= 0.3 is 5.97 Å². The second kappa shape index (κ2) is 11.6. The fourth-order valence-electron chi connectivity index (χ4n) is 4.83. The van der Waals surface area contributed by atoms with Crippen LogP contribution in [0.3, 0.4) is 0 Å². The molecule has 0 unspecified atom stereocenters. The van der Waals surface area contributed by atoms with Crippen LogP contribution in [0.25, 0.3) is 32.8 Å². The number of aromatic amines is 1. The molecule has 5 aromatic carbocycles. The maximum absolute atomic E-state index is 13.5. The van der Waals surface area contributed by atoms with E-state index in [2.05, 4.69) is 15.5 Å². The van der Waals surface area contributed by atoms with E-state index in [0.717, 1.165) is 21.7 Å². The van der Waals surface area contributed by atoms with Gasteiger partial charge in [-0.25, -0.2) is 10.2 Å². The number of carbonyl (C=O) groups is 2. The van der Waals surface area contributed by atoms with Gasteiger partial charge in [-0.15, -0.1) is 0 Å². The van der Waals surface area contributed by atoms with E-state index in [-0.39, 0.29) is 22.7 Å². The third-order valence-electron chi connectivity index (χ3n) is 6.87. The fraction of sp³-hybridized carbons (Fsp3) is 0. The van der Waals surface area contributed by atoms with Crippen molar-refractivity contribution in [3.8, 4) is 16.9 Å². The zero-order valence-electron chi connectivity index (χ0n) is 22.3. The largest absolute Gasteiger partial charge is 0.422 e. The van der Waals surface area contributed by atoms with Gasteiger partial charge in [0.2, 0.25) is 0 Å². The monoisotopic (exact) mass is 588 g/mol. The van der Waals surface area contributed by atoms with Crippen LogP contribution in [0, 0.1) is 10.1 Å². The predicted octanol–water partition coefficient (Wildman–Crippen LogP) is 7.53. The van der Waals surface area contributed by atoms with Gasteiger partial charge in [0.15, 0.2) is 0 Å². The van der Waals surface area contributed by atoms with Gasteiger partial charge in [-0.2, -0.15) is 5.10 Å². The number of fused-ring (bicyclic) bond motifs is 3. The van der Waals surface area contributed by atoms with Crippen molar-refractivity contribution >= 4 is 57.1 Å². The molecule has 0 radical (unpaired) electrons. The lowest BCUT2D eigenvalue weighted by molar-refractivity contribution is -0.384. The van der Waals surface area contributed by atoms with Crippen molar-refractivity contribution < 1.29 is 19.2 Å². The first-order valence-corrected chi connectivity index (χ1v) is 13.5. The zero-order chi connectivity index (χ0) is 29.9. The molecule has 6 rings (SSSR count). The summed E-state index contributed by atoms with van der Waals surface area (Å²) in [5.74, 6) is -1.00. The van der Waals surface area contributed by atoms with Crippen LogP contribution < -0.4 is 10.2 Å². The highest BCUT2D eigenvalue weighted by Gasteiger charge is 2.22. The van der Waals surface area contributed by atoms with Crippen LogP contribution >= 0.6 is 11.6 Å². The quantitative estimate of drug-likeness (QED) is 0.0655. The molecule has 210 valence electrons. The Hall–Kier alpha value is -5.80. The summed E-state index contributed by atoms with van der Waals surface area (Å²) in [4.78, 5) is 39.8. The van der Waals surface area contributed by atoms with Crippen LogP contribution in [0.1, 0.15) is 26.4 Å². The third-order valence-corrected chi connectivity index (χ3v) is 7.20. The highest BCUT2D eigenvalue weighted by Crippen LogP contribution is 2.39. The van der Waals surface area contributed by atoms with E-state index >= 15 is 0 Å². The molecule has 0 aliphatic rings. The number of aromatic nitrogens is 1. The highest BCUT2D eigenvalue weighted by molar-refractivity contribution is 6.34. The standard InChI is InChI=1S/C33H21ClN4O5/c34-27-11-5-4-10-25(27)29-26-18-15-20-7-1-3-9-24(20)30(26)36-31(29)32(39)37-35-19-22-8-2-6-12-28(22)43-33(40)21-13-16-23(17-14-21)38(41)42/h1-19,36H,(H,37,39). The number of nitro groups is 1. The number of H-pyrrole nitrogens is 1. The summed E-state index contributed by atoms with van der Waals surface area (Å²) in [5.41, 5.74) is 5.43. The molecule has 9 nitrogen and oxygen atoms in total. The second-order valence-electron chi connectivity index (χ2n) is 9.49. The molecule has 0 bridgehead atoms. The van der Waals surface area contributed by atoms with Crippen molar-refractivity contribution in [1.82, 2.24) is 10.4 Å². The van der Waals surface area contributed by atoms with E-state index in [9.17, 15) is 19.7 Å². The maximum atomic E-state index is 13.5. The number of amides is 1. The first kappa shape index (κ1) is 27.4. The number of benzene rings is 5. The number of esters is 1. The molecule has 1 aromatic heterocycles. The summed E-state index contributed by atoms with van der Waals surface area (Å²) in [6, 6.07) is 30.9. The maximum Gasteiger partial charge on any atom is 0.343 e. The lowest BCUT2D eigenvalue weighted by Gasteiger charge is -2.08. The van der Waals surface area contributed by atoms with Gasteiger partial charge in [0.25, 0.3) is 11.6 Å². The molecule has 10 heteroatoms. The summed E-state index contributed by atoms with van der Waals surface area (Å²) in [7, 11) is 0. The normalized spacial score (nSPS) is 11.2. The summed E-state index contributed by atoms with van der Waals surface area (Å²) < 4.78 is 5.51. The summed E-state index contributed by atoms with van der Waals surface area (Å²) >= 11 is 6.57. The lowest BCUT2D eigenvalue weighted by Crippen LogP contribution is -2.19. The Morgan fingerprint density at radius 3 is 2.37 bits per heavy atom. The van der Waals surface area contributed by atoms with E-state index in [1.54, 1.807) is 30.3 Å². The lowest BCUT2D eigenvalue weighted by atomic mass is 9.99. The van der Waals surface area contributed by atoms with Crippen LogP contribution in [0.2, 0.25) is 5.02 Å². The Balaban J connectivity index is 1.29. The average molecular weight is 589 g/mol. The molecule has 6 aromatic rings. The van der Waals surface area contributed by atoms with Gasteiger partial charge in [0.1, 0.15) is 11.4 Å². The number of hydrogen-bond acceptors (Lipinski definition) is 6. The number of nitro benzene ring substituents is 1. The van der Waals surface area contributed by atoms with Crippen molar-refractivity contribution in [2.45, 2.75) is 0 Å². The van der Waals surface area contributed by atoms with E-state index in [1.165, 1.54) is 30.5 Å². The molecule has 1 heterocycles. The minimum Gasteiger partial charge on any atom is -0.422 e. The van der Waals surface area contributed by atoms with Gasteiger partial charge in [0, 0.05) is 44.6 Å². The fourth-order valence-corrected chi connectivity index (χ4v) is 5.06. The topological polar surface area (TPSA) is 127 Å². The molecule has 0 spiro atoms. The predicted molar refractivity (Wildman–Crippen MR) is 166 cm³/mol. The van der Waals surface area contributed by atoms with Crippen molar-refractivity contribution in [2.24, 2.45) is 5.10 Å². The van der Waals surface area contributed by atoms with Crippen LogP contribution in [0.4, 0.5) is 5.69 Å². The van der Waals surface area contributed by atoms with Gasteiger partial charge in [-0.05, 0) is 35.7 Å². The van der Waals surface area contributed by atoms with Crippen molar-refractivity contribution in [2.75, 3.05) is 0 Å². The third kappa shape index (κ3) is 5.44. The highest BCUT2D eigenvalue weighted by atomic mass is 35.5. The van der Waals surface area contributed by atoms with E-state index in [1.807, 2.05) is 54.6 Å². The van der Waals surface area contributed by atoms with Crippen molar-refractivity contribution in [3.63, 3.8) is 0 Å². The number of nitrogens with zero attached hydrogens (tertiary/aromatic N) is 2. The molecule has 0 atom stereocenters. The molecule has 0 fully saturated rings. The number of halogens is 1. The second-order valence-corrected chi connectivity index (χ2v) is 9.90. The Labute approximate surface area is 249 Å². The first-order valence-electron chi connectivity index (χ1n) is 13.1. The minimum atomic E-state index is -0.700. The number of ether oxygens (including phenoxy) is 1. The van der Waals surface area contributed by atoms with Gasteiger partial charge in [-0.1, -0.05) is 78.3 Å². The van der Waals surface area contributed by atoms with E-state index in [0.29, 0.717) is 21.7 Å². The number of para-hydroxylation sites is 1. The smallest absolute Gasteiger partial charge is 0.343 e. The van der Waals surface area contributed by atoms with Gasteiger partial charge in [0.05, 0.1) is 22.2 Å². The number of hydrazone groups is 1. The summed E-state index contributed by atoms with van der Waals surface area (Å²) in [6.45, 7) is 0. The molecule has 0 saturated heterocycles. The average Bonchev–Trinajstić information content (AvgIpc) is 3.42. The van der Waals surface area contributed by atoms with E-state index in [4.69, 9.17) is 16.3 Å². The Morgan fingerprint density at radius 2 is 1.58 bits per heavy atom.